The van der Waals surface area contributed by atoms with Crippen LogP contribution in [0.15, 0.2) is 18.2 Å². The van der Waals surface area contributed by atoms with E-state index in [-0.39, 0.29) is 5.25 Å². The summed E-state index contributed by atoms with van der Waals surface area (Å²) in [6.45, 7) is 2.21. The summed E-state index contributed by atoms with van der Waals surface area (Å²) >= 11 is 1.62. The maximum atomic E-state index is 8.65. The first-order valence-electron chi connectivity index (χ1n) is 4.69. The molecule has 0 aromatic heterocycles. The third kappa shape index (κ3) is 2.37. The van der Waals surface area contributed by atoms with Gasteiger partial charge in [-0.25, -0.2) is 0 Å². The van der Waals surface area contributed by atoms with Crippen LogP contribution in [0.2, 0.25) is 0 Å². The predicted molar refractivity (Wildman–Crippen MR) is 58.9 cm³/mol. The van der Waals surface area contributed by atoms with Gasteiger partial charge in [-0.1, -0.05) is 6.07 Å². The molecular formula is C11H11NO2S. The molecule has 1 atom stereocenters. The fourth-order valence-corrected chi connectivity index (χ4v) is 1.99. The van der Waals surface area contributed by atoms with Crippen molar-refractivity contribution in [3.05, 3.63) is 23.8 Å². The number of nitrogens with zero attached hydrogens (tertiary/aromatic N) is 1. The van der Waals surface area contributed by atoms with Crippen molar-refractivity contribution in [2.45, 2.75) is 17.9 Å². The minimum absolute atomic E-state index is 0.0235. The Hall–Kier alpha value is -1.34. The number of fused-ring (bicyclic) bond motifs is 1. The highest BCUT2D eigenvalue weighted by Crippen LogP contribution is 2.33. The summed E-state index contributed by atoms with van der Waals surface area (Å²) in [5.41, 5.74) is 1.16. The molecule has 0 spiro atoms. The predicted octanol–water partition coefficient (Wildman–Crippen LogP) is 2.56. The minimum Gasteiger partial charge on any atom is -0.454 e. The lowest BCUT2D eigenvalue weighted by Crippen LogP contribution is -1.93. The minimum atomic E-state index is 0.0235. The summed E-state index contributed by atoms with van der Waals surface area (Å²) in [4.78, 5) is 0. The van der Waals surface area contributed by atoms with Crippen molar-refractivity contribution in [1.29, 1.82) is 5.26 Å². The number of ether oxygens (including phenoxy) is 2. The third-order valence-corrected chi connectivity index (χ3v) is 3.22. The molecule has 1 aromatic carbocycles. The number of nitriles is 1. The van der Waals surface area contributed by atoms with Crippen LogP contribution in [0.1, 0.15) is 12.5 Å². The summed E-state index contributed by atoms with van der Waals surface area (Å²) in [5.74, 6) is 2.43. The highest BCUT2D eigenvalue weighted by atomic mass is 32.2. The van der Waals surface area contributed by atoms with Crippen LogP contribution in [-0.4, -0.2) is 12.0 Å². The monoisotopic (exact) mass is 221 g/mol. The molecule has 0 aliphatic carbocycles. The van der Waals surface area contributed by atoms with Gasteiger partial charge in [0, 0.05) is 5.75 Å². The Morgan fingerprint density at radius 2 is 2.27 bits per heavy atom. The first-order chi connectivity index (χ1) is 7.29. The largest absolute Gasteiger partial charge is 0.454 e. The number of hydrogen-bond donors (Lipinski definition) is 0. The molecule has 15 heavy (non-hydrogen) atoms. The van der Waals surface area contributed by atoms with E-state index in [4.69, 9.17) is 14.7 Å². The molecule has 4 heteroatoms. The molecule has 3 nitrogen and oxygen atoms in total. The molecule has 0 fully saturated rings. The molecule has 1 heterocycles. The average molecular weight is 221 g/mol. The number of thioether (sulfide) groups is 1. The van der Waals surface area contributed by atoms with Crippen LogP contribution in [0.3, 0.4) is 0 Å². The zero-order chi connectivity index (χ0) is 10.7. The standard InChI is InChI=1S/C11H11NO2S/c1-8(5-12)15-6-9-2-3-10-11(4-9)14-7-13-10/h2-4,8H,6-7H2,1H3. The van der Waals surface area contributed by atoms with Gasteiger partial charge in [0.1, 0.15) is 0 Å². The molecule has 0 bridgehead atoms. The molecule has 0 N–H and O–H groups in total. The van der Waals surface area contributed by atoms with Gasteiger partial charge in [0.15, 0.2) is 11.5 Å². The van der Waals surface area contributed by atoms with E-state index >= 15 is 0 Å². The summed E-state index contributed by atoms with van der Waals surface area (Å²) in [6, 6.07) is 8.08. The molecule has 1 aliphatic rings. The summed E-state index contributed by atoms with van der Waals surface area (Å²) in [7, 11) is 0. The second-order valence-electron chi connectivity index (χ2n) is 3.27. The molecule has 1 unspecified atom stereocenters. The SMILES string of the molecule is CC(C#N)SCc1ccc2c(c1)OCO2. The Bertz CT molecular complexity index is 400. The van der Waals surface area contributed by atoms with Crippen molar-refractivity contribution >= 4 is 11.8 Å². The van der Waals surface area contributed by atoms with Crippen LogP contribution in [-0.2, 0) is 5.75 Å². The number of rotatable bonds is 3. The van der Waals surface area contributed by atoms with Crippen molar-refractivity contribution < 1.29 is 9.47 Å². The molecule has 2 rings (SSSR count). The molecule has 0 saturated heterocycles. The topological polar surface area (TPSA) is 42.2 Å². The van der Waals surface area contributed by atoms with E-state index in [1.54, 1.807) is 11.8 Å². The highest BCUT2D eigenvalue weighted by molar-refractivity contribution is 7.99. The third-order valence-electron chi connectivity index (χ3n) is 2.12. The fourth-order valence-electron chi connectivity index (χ4n) is 1.29. The van der Waals surface area contributed by atoms with Gasteiger partial charge in [-0.05, 0) is 24.6 Å². The first kappa shape index (κ1) is 10.2. The van der Waals surface area contributed by atoms with Crippen LogP contribution < -0.4 is 9.47 Å². The van der Waals surface area contributed by atoms with E-state index in [0.717, 1.165) is 22.8 Å². The van der Waals surface area contributed by atoms with Gasteiger partial charge >= 0.3 is 0 Å². The molecule has 78 valence electrons. The Balaban J connectivity index is 2.01. The molecule has 0 amide bonds. The molecule has 1 aromatic rings. The highest BCUT2D eigenvalue weighted by Gasteiger charge is 2.13. The van der Waals surface area contributed by atoms with Gasteiger partial charge in [-0.2, -0.15) is 5.26 Å². The van der Waals surface area contributed by atoms with Crippen LogP contribution in [0.25, 0.3) is 0 Å². The van der Waals surface area contributed by atoms with E-state index in [1.165, 1.54) is 0 Å². The Morgan fingerprint density at radius 1 is 1.47 bits per heavy atom. The van der Waals surface area contributed by atoms with Crippen molar-refractivity contribution in [3.8, 4) is 17.6 Å². The molecular weight excluding hydrogens is 210 g/mol. The maximum Gasteiger partial charge on any atom is 0.231 e. The van der Waals surface area contributed by atoms with Gasteiger partial charge in [-0.3, -0.25) is 0 Å². The molecule has 1 aliphatic heterocycles. The van der Waals surface area contributed by atoms with Gasteiger partial charge < -0.3 is 9.47 Å². The summed E-state index contributed by atoms with van der Waals surface area (Å²) < 4.78 is 10.5. The number of hydrogen-bond acceptors (Lipinski definition) is 4. The zero-order valence-corrected chi connectivity index (χ0v) is 9.21. The van der Waals surface area contributed by atoms with E-state index in [2.05, 4.69) is 6.07 Å². The lowest BCUT2D eigenvalue weighted by molar-refractivity contribution is 0.174. The summed E-state index contributed by atoms with van der Waals surface area (Å²) in [5, 5.41) is 8.68. The molecule has 0 saturated carbocycles. The van der Waals surface area contributed by atoms with E-state index < -0.39 is 0 Å². The average Bonchev–Trinajstić information content (AvgIpc) is 2.72. The Morgan fingerprint density at radius 3 is 3.07 bits per heavy atom. The Labute approximate surface area is 93.0 Å². The second-order valence-corrected chi connectivity index (χ2v) is 4.60. The molecule has 0 radical (unpaired) electrons. The van der Waals surface area contributed by atoms with Gasteiger partial charge in [0.25, 0.3) is 0 Å². The van der Waals surface area contributed by atoms with Crippen LogP contribution in [0, 0.1) is 11.3 Å². The lowest BCUT2D eigenvalue weighted by Gasteiger charge is -2.03. The normalized spacial score (nSPS) is 14.7. The summed E-state index contributed by atoms with van der Waals surface area (Å²) in [6.07, 6.45) is 0. The maximum absolute atomic E-state index is 8.65. The van der Waals surface area contributed by atoms with Crippen molar-refractivity contribution in [1.82, 2.24) is 0 Å². The van der Waals surface area contributed by atoms with Gasteiger partial charge in [0.2, 0.25) is 6.79 Å². The smallest absolute Gasteiger partial charge is 0.231 e. The zero-order valence-electron chi connectivity index (χ0n) is 8.40. The van der Waals surface area contributed by atoms with Crippen LogP contribution >= 0.6 is 11.8 Å². The quantitative estimate of drug-likeness (QED) is 0.786. The van der Waals surface area contributed by atoms with Gasteiger partial charge in [0.05, 0.1) is 11.3 Å². The van der Waals surface area contributed by atoms with Crippen molar-refractivity contribution in [3.63, 3.8) is 0 Å². The number of benzene rings is 1. The van der Waals surface area contributed by atoms with Crippen molar-refractivity contribution in [2.24, 2.45) is 0 Å². The lowest BCUT2D eigenvalue weighted by atomic mass is 10.2. The van der Waals surface area contributed by atoms with Gasteiger partial charge in [-0.15, -0.1) is 11.8 Å². The fraction of sp³-hybridized carbons (Fsp3) is 0.364. The first-order valence-corrected chi connectivity index (χ1v) is 5.74. The van der Waals surface area contributed by atoms with Crippen LogP contribution in [0.5, 0.6) is 11.5 Å². The van der Waals surface area contributed by atoms with Crippen LogP contribution in [0.4, 0.5) is 0 Å². The Kier molecular flexibility index (Phi) is 3.02. The van der Waals surface area contributed by atoms with Crippen molar-refractivity contribution in [2.75, 3.05) is 6.79 Å². The van der Waals surface area contributed by atoms with E-state index in [1.807, 2.05) is 25.1 Å². The van der Waals surface area contributed by atoms with E-state index in [9.17, 15) is 0 Å². The van der Waals surface area contributed by atoms with E-state index in [0.29, 0.717) is 6.79 Å². The second kappa shape index (κ2) is 4.45.